The molecule has 0 fully saturated rings. The van der Waals surface area contributed by atoms with Crippen molar-refractivity contribution in [2.75, 3.05) is 39.5 Å². The van der Waals surface area contributed by atoms with E-state index >= 15 is 0 Å². The van der Waals surface area contributed by atoms with E-state index < -0.39 is 5.97 Å². The van der Waals surface area contributed by atoms with Gasteiger partial charge in [-0.25, -0.2) is 4.79 Å². The Balaban J connectivity index is 2.96. The van der Waals surface area contributed by atoms with E-state index in [1.54, 1.807) is 0 Å². The Kier molecular flexibility index (Phi) is 10.4. The van der Waals surface area contributed by atoms with E-state index in [1.807, 2.05) is 0 Å². The van der Waals surface area contributed by atoms with Crippen LogP contribution in [0.3, 0.4) is 0 Å². The standard InChI is InChI=1S/C11H23NO4/c1-10(2)3-4-12-5-6-15-7-8-16-9-11(13)14/h10,12H,3-9H2,1-2H3,(H,13,14). The number of hydrogen-bond acceptors (Lipinski definition) is 4. The van der Waals surface area contributed by atoms with Crippen LogP contribution in [0.5, 0.6) is 0 Å². The van der Waals surface area contributed by atoms with Gasteiger partial charge in [-0.1, -0.05) is 13.8 Å². The normalized spacial score (nSPS) is 10.9. The summed E-state index contributed by atoms with van der Waals surface area (Å²) in [4.78, 5) is 10.1. The first-order valence-electron chi connectivity index (χ1n) is 5.71. The van der Waals surface area contributed by atoms with Gasteiger partial charge in [0.25, 0.3) is 0 Å². The Morgan fingerprint density at radius 3 is 2.50 bits per heavy atom. The minimum atomic E-state index is -0.949. The van der Waals surface area contributed by atoms with Crippen molar-refractivity contribution in [2.45, 2.75) is 20.3 Å². The summed E-state index contributed by atoms with van der Waals surface area (Å²) in [6.45, 7) is 7.38. The van der Waals surface area contributed by atoms with E-state index in [2.05, 4.69) is 19.2 Å². The Hall–Kier alpha value is -0.650. The Morgan fingerprint density at radius 1 is 1.19 bits per heavy atom. The molecular formula is C11H23NO4. The molecule has 0 aliphatic heterocycles. The highest BCUT2D eigenvalue weighted by molar-refractivity contribution is 5.67. The molecular weight excluding hydrogens is 210 g/mol. The van der Waals surface area contributed by atoms with Crippen LogP contribution in [0.2, 0.25) is 0 Å². The van der Waals surface area contributed by atoms with Crippen LogP contribution < -0.4 is 5.32 Å². The van der Waals surface area contributed by atoms with E-state index in [9.17, 15) is 4.79 Å². The molecule has 0 aliphatic rings. The van der Waals surface area contributed by atoms with Crippen molar-refractivity contribution < 1.29 is 19.4 Å². The first-order valence-corrected chi connectivity index (χ1v) is 5.71. The smallest absolute Gasteiger partial charge is 0.329 e. The molecule has 0 aromatic carbocycles. The van der Waals surface area contributed by atoms with Gasteiger partial charge in [-0.05, 0) is 18.9 Å². The topological polar surface area (TPSA) is 67.8 Å². The Labute approximate surface area is 97.1 Å². The lowest BCUT2D eigenvalue weighted by Crippen LogP contribution is -2.22. The first-order chi connectivity index (χ1) is 7.63. The molecule has 0 unspecified atom stereocenters. The zero-order chi connectivity index (χ0) is 12.2. The number of carboxylic acids is 1. The Bertz CT molecular complexity index is 173. The van der Waals surface area contributed by atoms with Crippen LogP contribution in [-0.4, -0.2) is 50.6 Å². The Morgan fingerprint density at radius 2 is 1.88 bits per heavy atom. The second kappa shape index (κ2) is 10.9. The fourth-order valence-electron chi connectivity index (χ4n) is 1.04. The summed E-state index contributed by atoms with van der Waals surface area (Å²) in [7, 11) is 0. The monoisotopic (exact) mass is 233 g/mol. The molecule has 0 spiro atoms. The summed E-state index contributed by atoms with van der Waals surface area (Å²) in [6.07, 6.45) is 1.17. The average Bonchev–Trinajstić information content (AvgIpc) is 2.20. The van der Waals surface area contributed by atoms with E-state index in [4.69, 9.17) is 14.6 Å². The van der Waals surface area contributed by atoms with Crippen molar-refractivity contribution in [3.05, 3.63) is 0 Å². The number of hydrogen-bond donors (Lipinski definition) is 2. The number of aliphatic carboxylic acids is 1. The van der Waals surface area contributed by atoms with Crippen molar-refractivity contribution in [1.82, 2.24) is 5.32 Å². The molecule has 16 heavy (non-hydrogen) atoms. The maximum absolute atomic E-state index is 10.1. The van der Waals surface area contributed by atoms with E-state index in [1.165, 1.54) is 6.42 Å². The zero-order valence-corrected chi connectivity index (χ0v) is 10.2. The lowest BCUT2D eigenvalue weighted by molar-refractivity contribution is -0.142. The SMILES string of the molecule is CC(C)CCNCCOCCOCC(=O)O. The summed E-state index contributed by atoms with van der Waals surface area (Å²) in [6, 6.07) is 0. The van der Waals surface area contributed by atoms with Crippen molar-refractivity contribution in [2.24, 2.45) is 5.92 Å². The number of carboxylic acid groups (broad SMARTS) is 1. The first kappa shape index (κ1) is 15.3. The second-order valence-corrected chi connectivity index (χ2v) is 3.99. The van der Waals surface area contributed by atoms with E-state index in [0.717, 1.165) is 19.0 Å². The maximum atomic E-state index is 10.1. The number of ether oxygens (including phenoxy) is 2. The molecule has 5 nitrogen and oxygen atoms in total. The average molecular weight is 233 g/mol. The molecule has 96 valence electrons. The van der Waals surface area contributed by atoms with Gasteiger partial charge in [-0.15, -0.1) is 0 Å². The van der Waals surface area contributed by atoms with Gasteiger partial charge in [-0.2, -0.15) is 0 Å². The molecule has 0 heterocycles. The quantitative estimate of drug-likeness (QED) is 0.515. The number of nitrogens with one attached hydrogen (secondary N) is 1. The van der Waals surface area contributed by atoms with Gasteiger partial charge in [0, 0.05) is 6.54 Å². The minimum Gasteiger partial charge on any atom is -0.480 e. The summed E-state index contributed by atoms with van der Waals surface area (Å²) < 4.78 is 10.1. The molecule has 0 rings (SSSR count). The molecule has 2 N–H and O–H groups in total. The molecule has 0 aromatic rings. The van der Waals surface area contributed by atoms with E-state index in [-0.39, 0.29) is 6.61 Å². The highest BCUT2D eigenvalue weighted by Gasteiger charge is 1.96. The fraction of sp³-hybridized carbons (Fsp3) is 0.909. The second-order valence-electron chi connectivity index (χ2n) is 3.99. The molecule has 0 bridgehead atoms. The van der Waals surface area contributed by atoms with E-state index in [0.29, 0.717) is 19.8 Å². The van der Waals surface area contributed by atoms with Gasteiger partial charge in [0.05, 0.1) is 19.8 Å². The van der Waals surface area contributed by atoms with Gasteiger partial charge in [-0.3, -0.25) is 0 Å². The predicted octanol–water partition coefficient (Wildman–Crippen LogP) is 0.740. The molecule has 0 saturated carbocycles. The number of rotatable bonds is 11. The van der Waals surface area contributed by atoms with Crippen molar-refractivity contribution in [3.63, 3.8) is 0 Å². The molecule has 0 atom stereocenters. The van der Waals surface area contributed by atoms with Crippen LogP contribution >= 0.6 is 0 Å². The molecule has 5 heteroatoms. The predicted molar refractivity (Wildman–Crippen MR) is 61.6 cm³/mol. The molecule has 0 radical (unpaired) electrons. The van der Waals surface area contributed by atoms with Gasteiger partial charge in [0.1, 0.15) is 6.61 Å². The summed E-state index contributed by atoms with van der Waals surface area (Å²) in [5.74, 6) is -0.229. The van der Waals surface area contributed by atoms with Gasteiger partial charge < -0.3 is 19.9 Å². The van der Waals surface area contributed by atoms with Gasteiger partial charge in [0.2, 0.25) is 0 Å². The summed E-state index contributed by atoms with van der Waals surface area (Å²) >= 11 is 0. The van der Waals surface area contributed by atoms with Crippen LogP contribution in [0.1, 0.15) is 20.3 Å². The van der Waals surface area contributed by atoms with Crippen LogP contribution in [0.4, 0.5) is 0 Å². The third-order valence-corrected chi connectivity index (χ3v) is 1.92. The highest BCUT2D eigenvalue weighted by Crippen LogP contribution is 1.95. The fourth-order valence-corrected chi connectivity index (χ4v) is 1.04. The van der Waals surface area contributed by atoms with Crippen LogP contribution in [0.15, 0.2) is 0 Å². The molecule has 0 aliphatic carbocycles. The largest absolute Gasteiger partial charge is 0.480 e. The van der Waals surface area contributed by atoms with Crippen LogP contribution in [0, 0.1) is 5.92 Å². The number of carbonyl (C=O) groups is 1. The van der Waals surface area contributed by atoms with Crippen LogP contribution in [0.25, 0.3) is 0 Å². The van der Waals surface area contributed by atoms with Crippen molar-refractivity contribution in [1.29, 1.82) is 0 Å². The van der Waals surface area contributed by atoms with Crippen molar-refractivity contribution in [3.8, 4) is 0 Å². The van der Waals surface area contributed by atoms with Gasteiger partial charge >= 0.3 is 5.97 Å². The zero-order valence-electron chi connectivity index (χ0n) is 10.2. The van der Waals surface area contributed by atoms with Crippen molar-refractivity contribution >= 4 is 5.97 Å². The highest BCUT2D eigenvalue weighted by atomic mass is 16.5. The third kappa shape index (κ3) is 13.4. The third-order valence-electron chi connectivity index (χ3n) is 1.92. The molecule has 0 aromatic heterocycles. The maximum Gasteiger partial charge on any atom is 0.329 e. The molecule has 0 amide bonds. The lowest BCUT2D eigenvalue weighted by atomic mass is 10.1. The molecule has 0 saturated heterocycles. The minimum absolute atomic E-state index is 0.254. The summed E-state index contributed by atoms with van der Waals surface area (Å²) in [5.41, 5.74) is 0. The van der Waals surface area contributed by atoms with Crippen LogP contribution in [-0.2, 0) is 14.3 Å². The summed E-state index contributed by atoms with van der Waals surface area (Å²) in [5, 5.41) is 11.5. The lowest BCUT2D eigenvalue weighted by Gasteiger charge is -2.07. The van der Waals surface area contributed by atoms with Gasteiger partial charge in [0.15, 0.2) is 0 Å².